The molecule has 1 aliphatic carbocycles. The molecule has 9 heteroatoms. The molecule has 3 fully saturated rings. The molecule has 2 aliphatic heterocycles. The number of oxazole rings is 1. The second kappa shape index (κ2) is 8.94. The molecular weight excluding hydrogens is 421 g/mol. The van der Waals surface area contributed by atoms with Crippen LogP contribution in [-0.4, -0.2) is 41.6 Å². The van der Waals surface area contributed by atoms with E-state index in [4.69, 9.17) is 4.42 Å². The number of alkyl halides is 3. The third kappa shape index (κ3) is 5.04. The third-order valence-electron chi connectivity index (χ3n) is 6.97. The Morgan fingerprint density at radius 1 is 0.938 bits per heavy atom. The Morgan fingerprint density at radius 3 is 2.47 bits per heavy atom. The number of ether oxygens (including phenoxy) is 1. The van der Waals surface area contributed by atoms with E-state index in [0.717, 1.165) is 12.8 Å². The summed E-state index contributed by atoms with van der Waals surface area (Å²) in [5.41, 5.74) is 0.641. The number of halogens is 3. The molecule has 5 atom stereocenters. The lowest BCUT2D eigenvalue weighted by Crippen LogP contribution is -2.57. The number of rotatable bonds is 6. The molecule has 174 valence electrons. The van der Waals surface area contributed by atoms with Crippen molar-refractivity contribution >= 4 is 6.01 Å². The van der Waals surface area contributed by atoms with Gasteiger partial charge in [-0.2, -0.15) is 0 Å². The second-order valence-electron chi connectivity index (χ2n) is 9.14. The van der Waals surface area contributed by atoms with Crippen LogP contribution in [0.15, 0.2) is 34.9 Å². The predicted molar refractivity (Wildman–Crippen MR) is 114 cm³/mol. The van der Waals surface area contributed by atoms with E-state index in [1.54, 1.807) is 6.20 Å². The number of piperidine rings is 1. The lowest BCUT2D eigenvalue weighted by molar-refractivity contribution is -0.274. The molecule has 2 saturated heterocycles. The van der Waals surface area contributed by atoms with Gasteiger partial charge in [0.05, 0.1) is 6.20 Å². The molecule has 1 aromatic heterocycles. The van der Waals surface area contributed by atoms with Crippen LogP contribution in [0, 0.1) is 0 Å². The normalized spacial score (nSPS) is 30.3. The fourth-order valence-corrected chi connectivity index (χ4v) is 5.41. The summed E-state index contributed by atoms with van der Waals surface area (Å²) < 4.78 is 46.8. The molecule has 32 heavy (non-hydrogen) atoms. The summed E-state index contributed by atoms with van der Waals surface area (Å²) in [6.07, 6.45) is 6.45. The van der Waals surface area contributed by atoms with Gasteiger partial charge in [-0.15, -0.1) is 13.2 Å². The van der Waals surface area contributed by atoms with Crippen LogP contribution >= 0.6 is 0 Å². The van der Waals surface area contributed by atoms with E-state index < -0.39 is 6.36 Å². The molecule has 3 N–H and O–H groups in total. The van der Waals surface area contributed by atoms with Crippen molar-refractivity contribution < 1.29 is 22.3 Å². The lowest BCUT2D eigenvalue weighted by Gasteiger charge is -2.39. The standard InChI is InChI=1S/C23H29F3N4O2/c24-23(25,26)32-16-9-5-14(6-10-16)21-13-27-22(31-21)30-18-4-2-1-3-17(18)29-20-12-8-15-7-11-19(20)28-15/h5-6,9-10,13,15,17-20,28-29H,1-4,7-8,11-12H2,(H,27,30)/t15-,17?,18?,19?,20?/m1/s1. The maximum atomic E-state index is 12.3. The predicted octanol–water partition coefficient (Wildman–Crippen LogP) is 4.84. The third-order valence-corrected chi connectivity index (χ3v) is 6.97. The number of nitrogens with one attached hydrogen (secondary N) is 3. The number of aromatic nitrogens is 1. The van der Waals surface area contributed by atoms with Gasteiger partial charge in [0.15, 0.2) is 5.76 Å². The molecule has 2 aromatic rings. The van der Waals surface area contributed by atoms with Crippen molar-refractivity contribution in [1.82, 2.24) is 15.6 Å². The van der Waals surface area contributed by atoms with Crippen LogP contribution in [0.3, 0.4) is 0 Å². The highest BCUT2D eigenvalue weighted by atomic mass is 19.4. The van der Waals surface area contributed by atoms with E-state index >= 15 is 0 Å². The number of nitrogens with zero attached hydrogens (tertiary/aromatic N) is 1. The van der Waals surface area contributed by atoms with Gasteiger partial charge in [0.2, 0.25) is 0 Å². The highest BCUT2D eigenvalue weighted by Crippen LogP contribution is 2.31. The summed E-state index contributed by atoms with van der Waals surface area (Å²) >= 11 is 0. The van der Waals surface area contributed by atoms with Crippen molar-refractivity contribution in [3.8, 4) is 17.1 Å². The van der Waals surface area contributed by atoms with Crippen molar-refractivity contribution in [3.63, 3.8) is 0 Å². The summed E-state index contributed by atoms with van der Waals surface area (Å²) in [6, 6.07) is 8.43. The first-order chi connectivity index (χ1) is 15.4. The van der Waals surface area contributed by atoms with Gasteiger partial charge >= 0.3 is 6.36 Å². The van der Waals surface area contributed by atoms with Crippen molar-refractivity contribution in [1.29, 1.82) is 0 Å². The molecule has 3 heterocycles. The Labute approximate surface area is 185 Å². The van der Waals surface area contributed by atoms with E-state index in [9.17, 15) is 13.2 Å². The SMILES string of the molecule is FC(F)(F)Oc1ccc(-c2cnc(NC3CCCCC3NC3CC[C@H]4CCC3N4)o2)cc1. The first-order valence-corrected chi connectivity index (χ1v) is 11.5. The minimum absolute atomic E-state index is 0.233. The largest absolute Gasteiger partial charge is 0.573 e. The van der Waals surface area contributed by atoms with Crippen LogP contribution in [-0.2, 0) is 0 Å². The smallest absolute Gasteiger partial charge is 0.424 e. The topological polar surface area (TPSA) is 71.3 Å². The monoisotopic (exact) mass is 450 g/mol. The summed E-state index contributed by atoms with van der Waals surface area (Å²) in [5.74, 6) is 0.237. The summed E-state index contributed by atoms with van der Waals surface area (Å²) in [5, 5.41) is 11.1. The summed E-state index contributed by atoms with van der Waals surface area (Å²) in [7, 11) is 0. The zero-order valence-electron chi connectivity index (χ0n) is 17.8. The number of hydrogen-bond acceptors (Lipinski definition) is 6. The summed E-state index contributed by atoms with van der Waals surface area (Å²) in [4.78, 5) is 4.36. The highest BCUT2D eigenvalue weighted by Gasteiger charge is 2.37. The Morgan fingerprint density at radius 2 is 1.69 bits per heavy atom. The van der Waals surface area contributed by atoms with Crippen LogP contribution in [0.4, 0.5) is 19.2 Å². The van der Waals surface area contributed by atoms with E-state index in [1.165, 1.54) is 62.8 Å². The van der Waals surface area contributed by atoms with Gasteiger partial charge in [-0.3, -0.25) is 0 Å². The maximum Gasteiger partial charge on any atom is 0.573 e. The molecule has 1 aromatic carbocycles. The maximum absolute atomic E-state index is 12.3. The molecule has 0 amide bonds. The van der Waals surface area contributed by atoms with E-state index in [-0.39, 0.29) is 11.8 Å². The van der Waals surface area contributed by atoms with Crippen molar-refractivity contribution in [2.45, 2.75) is 87.9 Å². The first-order valence-electron chi connectivity index (χ1n) is 11.5. The molecule has 3 aliphatic rings. The van der Waals surface area contributed by atoms with Crippen LogP contribution in [0.25, 0.3) is 11.3 Å². The Bertz CT molecular complexity index is 901. The molecular formula is C23H29F3N4O2. The zero-order chi connectivity index (χ0) is 22.1. The first kappa shape index (κ1) is 21.6. The van der Waals surface area contributed by atoms with Gasteiger partial charge in [-0.25, -0.2) is 4.98 Å². The molecule has 1 saturated carbocycles. The number of benzene rings is 1. The molecule has 0 radical (unpaired) electrons. The van der Waals surface area contributed by atoms with Gasteiger partial charge in [-0.1, -0.05) is 12.8 Å². The highest BCUT2D eigenvalue weighted by molar-refractivity contribution is 5.58. The minimum Gasteiger partial charge on any atom is -0.424 e. The quantitative estimate of drug-likeness (QED) is 0.585. The van der Waals surface area contributed by atoms with E-state index in [1.807, 2.05) is 0 Å². The average Bonchev–Trinajstić information content (AvgIpc) is 3.38. The van der Waals surface area contributed by atoms with Crippen molar-refractivity contribution in [3.05, 3.63) is 30.5 Å². The van der Waals surface area contributed by atoms with Crippen molar-refractivity contribution in [2.75, 3.05) is 5.32 Å². The van der Waals surface area contributed by atoms with Crippen LogP contribution in [0.1, 0.15) is 51.4 Å². The fraction of sp³-hybridized carbons (Fsp3) is 0.609. The van der Waals surface area contributed by atoms with Gasteiger partial charge in [-0.05, 0) is 62.8 Å². The van der Waals surface area contributed by atoms with Crippen molar-refractivity contribution in [2.24, 2.45) is 0 Å². The van der Waals surface area contributed by atoms with Gasteiger partial charge in [0.25, 0.3) is 6.01 Å². The van der Waals surface area contributed by atoms with E-state index in [2.05, 4.69) is 25.7 Å². The number of hydrogen-bond donors (Lipinski definition) is 3. The average molecular weight is 451 g/mol. The summed E-state index contributed by atoms with van der Waals surface area (Å²) in [6.45, 7) is 0. The molecule has 4 unspecified atom stereocenters. The van der Waals surface area contributed by atoms with Gasteiger partial charge in [0, 0.05) is 35.8 Å². The van der Waals surface area contributed by atoms with Crippen LogP contribution in [0.2, 0.25) is 0 Å². The number of fused-ring (bicyclic) bond motifs is 2. The molecule has 6 nitrogen and oxygen atoms in total. The van der Waals surface area contributed by atoms with E-state index in [0.29, 0.717) is 41.5 Å². The Kier molecular flexibility index (Phi) is 6.03. The Balaban J connectivity index is 1.22. The van der Waals surface area contributed by atoms with Gasteiger partial charge < -0.3 is 25.1 Å². The molecule has 2 bridgehead atoms. The number of anilines is 1. The van der Waals surface area contributed by atoms with Crippen LogP contribution in [0.5, 0.6) is 5.75 Å². The molecule has 5 rings (SSSR count). The molecule has 0 spiro atoms. The Hall–Kier alpha value is -2.26. The fourth-order valence-electron chi connectivity index (χ4n) is 5.41. The van der Waals surface area contributed by atoms with Gasteiger partial charge in [0.1, 0.15) is 5.75 Å². The zero-order valence-corrected chi connectivity index (χ0v) is 17.8. The minimum atomic E-state index is -4.71. The second-order valence-corrected chi connectivity index (χ2v) is 9.14. The lowest BCUT2D eigenvalue weighted by atomic mass is 9.88. The van der Waals surface area contributed by atoms with Crippen LogP contribution < -0.4 is 20.7 Å².